The molecule has 2 unspecified atom stereocenters. The molecule has 1 aliphatic rings. The van der Waals surface area contributed by atoms with Crippen LogP contribution in [0, 0.1) is 0 Å². The van der Waals surface area contributed by atoms with Crippen molar-refractivity contribution in [3.8, 4) is 0 Å². The van der Waals surface area contributed by atoms with E-state index in [2.05, 4.69) is 46.1 Å². The first-order valence-corrected chi connectivity index (χ1v) is 10.7. The van der Waals surface area contributed by atoms with E-state index in [4.69, 9.17) is 4.74 Å². The number of fused-ring (bicyclic) bond motifs is 1. The van der Waals surface area contributed by atoms with Gasteiger partial charge in [0.25, 0.3) is 5.91 Å². The zero-order chi connectivity index (χ0) is 20.5. The highest BCUT2D eigenvalue weighted by Gasteiger charge is 2.24. The van der Waals surface area contributed by atoms with E-state index in [-0.39, 0.29) is 18.1 Å². The van der Waals surface area contributed by atoms with Crippen LogP contribution < -0.4 is 5.32 Å². The number of aryl methyl sites for hydroxylation is 1. The Balaban J connectivity index is 1.58. The molecule has 1 saturated heterocycles. The van der Waals surface area contributed by atoms with Crippen molar-refractivity contribution in [3.63, 3.8) is 0 Å². The molecule has 2 heterocycles. The van der Waals surface area contributed by atoms with Crippen molar-refractivity contribution in [3.05, 3.63) is 64.3 Å². The third-order valence-electron chi connectivity index (χ3n) is 5.42. The summed E-state index contributed by atoms with van der Waals surface area (Å²) in [5.74, 6) is -0.119. The fourth-order valence-electron chi connectivity index (χ4n) is 4.22. The molecular formula is C23H26BrN3O2. The van der Waals surface area contributed by atoms with Gasteiger partial charge in [0.2, 0.25) is 0 Å². The first-order chi connectivity index (χ1) is 13.9. The summed E-state index contributed by atoms with van der Waals surface area (Å²) >= 11 is 3.62. The highest BCUT2D eigenvalue weighted by Crippen LogP contribution is 2.31. The first-order valence-electron chi connectivity index (χ1n) is 9.94. The number of nitrogens with zero attached hydrogens (tertiary/aromatic N) is 2. The number of benzene rings is 2. The molecule has 29 heavy (non-hydrogen) atoms. The van der Waals surface area contributed by atoms with Crippen LogP contribution in [0.25, 0.3) is 10.9 Å². The number of para-hydroxylation sites is 2. The van der Waals surface area contributed by atoms with Crippen LogP contribution >= 0.6 is 15.9 Å². The van der Waals surface area contributed by atoms with Crippen LogP contribution in [0.1, 0.15) is 29.9 Å². The zero-order valence-corrected chi connectivity index (χ0v) is 18.6. The molecule has 0 aliphatic carbocycles. The van der Waals surface area contributed by atoms with E-state index in [0.29, 0.717) is 5.69 Å². The van der Waals surface area contributed by atoms with Crippen LogP contribution in [0.5, 0.6) is 0 Å². The van der Waals surface area contributed by atoms with Crippen molar-refractivity contribution in [1.29, 1.82) is 0 Å². The van der Waals surface area contributed by atoms with Gasteiger partial charge in [-0.25, -0.2) is 0 Å². The maximum Gasteiger partial charge on any atom is 0.273 e. The lowest BCUT2D eigenvalue weighted by molar-refractivity contribution is -0.0704. The van der Waals surface area contributed by atoms with Crippen LogP contribution in [0.3, 0.4) is 0 Å². The molecular weight excluding hydrogens is 430 g/mol. The number of rotatable bonds is 4. The molecule has 0 bridgehead atoms. The second kappa shape index (κ2) is 8.30. The summed E-state index contributed by atoms with van der Waals surface area (Å²) in [4.78, 5) is 15.6. The molecule has 2 aromatic carbocycles. The lowest BCUT2D eigenvalue weighted by Crippen LogP contribution is -2.44. The minimum absolute atomic E-state index is 0.119. The van der Waals surface area contributed by atoms with E-state index in [0.717, 1.165) is 46.3 Å². The maximum absolute atomic E-state index is 13.2. The number of nitrogens with one attached hydrogen (secondary N) is 1. The minimum Gasteiger partial charge on any atom is -0.373 e. The fourth-order valence-corrected chi connectivity index (χ4v) is 5.00. The third kappa shape index (κ3) is 4.10. The molecule has 0 saturated carbocycles. The molecule has 1 aromatic heterocycles. The van der Waals surface area contributed by atoms with Crippen LogP contribution in [0.4, 0.5) is 5.69 Å². The van der Waals surface area contributed by atoms with E-state index in [1.165, 1.54) is 0 Å². The van der Waals surface area contributed by atoms with Crippen molar-refractivity contribution >= 4 is 38.4 Å². The Bertz CT molecular complexity index is 997. The molecule has 1 aliphatic heterocycles. The van der Waals surface area contributed by atoms with Gasteiger partial charge in [-0.1, -0.05) is 36.4 Å². The van der Waals surface area contributed by atoms with E-state index >= 15 is 0 Å². The molecule has 1 N–H and O–H groups in total. The van der Waals surface area contributed by atoms with Gasteiger partial charge in [0.1, 0.15) is 5.69 Å². The summed E-state index contributed by atoms with van der Waals surface area (Å²) in [6, 6.07) is 16.0. The molecule has 0 spiro atoms. The van der Waals surface area contributed by atoms with Gasteiger partial charge in [0.15, 0.2) is 0 Å². The molecule has 152 valence electrons. The minimum atomic E-state index is -0.119. The normalized spacial score (nSPS) is 20.1. The van der Waals surface area contributed by atoms with Crippen molar-refractivity contribution in [2.75, 3.05) is 18.4 Å². The molecule has 0 radical (unpaired) electrons. The van der Waals surface area contributed by atoms with Crippen molar-refractivity contribution in [2.24, 2.45) is 7.05 Å². The number of halogens is 1. The predicted octanol–water partition coefficient (Wildman–Crippen LogP) is 4.80. The van der Waals surface area contributed by atoms with Crippen LogP contribution in [0.15, 0.2) is 53.0 Å². The van der Waals surface area contributed by atoms with Gasteiger partial charge in [-0.3, -0.25) is 9.69 Å². The quantitative estimate of drug-likeness (QED) is 0.614. The van der Waals surface area contributed by atoms with Crippen LogP contribution in [-0.2, 0) is 18.3 Å². The predicted molar refractivity (Wildman–Crippen MR) is 120 cm³/mol. The number of hydrogen-bond donors (Lipinski definition) is 1. The maximum atomic E-state index is 13.2. The first kappa shape index (κ1) is 20.1. The number of aromatic nitrogens is 1. The molecule has 6 heteroatoms. The van der Waals surface area contributed by atoms with Gasteiger partial charge in [-0.2, -0.15) is 0 Å². The summed E-state index contributed by atoms with van der Waals surface area (Å²) in [6.07, 6.45) is 0.430. The van der Waals surface area contributed by atoms with Crippen molar-refractivity contribution < 1.29 is 9.53 Å². The van der Waals surface area contributed by atoms with Gasteiger partial charge in [0.05, 0.1) is 16.7 Å². The lowest BCUT2D eigenvalue weighted by atomic mass is 10.1. The van der Waals surface area contributed by atoms with Gasteiger partial charge >= 0.3 is 0 Å². The monoisotopic (exact) mass is 455 g/mol. The number of hydrogen-bond acceptors (Lipinski definition) is 3. The second-order valence-corrected chi connectivity index (χ2v) is 8.59. The Morgan fingerprint density at radius 3 is 2.48 bits per heavy atom. The highest BCUT2D eigenvalue weighted by atomic mass is 79.9. The smallest absolute Gasteiger partial charge is 0.273 e. The Labute approximate surface area is 179 Å². The largest absolute Gasteiger partial charge is 0.373 e. The molecule has 2 atom stereocenters. The van der Waals surface area contributed by atoms with E-state index in [9.17, 15) is 4.79 Å². The number of ether oxygens (including phenoxy) is 1. The van der Waals surface area contributed by atoms with E-state index in [1.54, 1.807) is 0 Å². The van der Waals surface area contributed by atoms with Gasteiger partial charge < -0.3 is 14.6 Å². The SMILES string of the molecule is CC1CN(Cc2ccccc2NC(=O)c2c(Br)c3ccccc3n2C)CC(C)O1. The summed E-state index contributed by atoms with van der Waals surface area (Å²) < 4.78 is 8.60. The molecule has 4 rings (SSSR count). The lowest BCUT2D eigenvalue weighted by Gasteiger charge is -2.35. The number of anilines is 1. The molecule has 5 nitrogen and oxygen atoms in total. The van der Waals surface area contributed by atoms with Crippen LogP contribution in [-0.4, -0.2) is 40.7 Å². The zero-order valence-electron chi connectivity index (χ0n) is 17.0. The number of morpholine rings is 1. The molecule has 3 aromatic rings. The molecule has 1 amide bonds. The summed E-state index contributed by atoms with van der Waals surface area (Å²) in [6.45, 7) is 6.77. The average molecular weight is 456 g/mol. The standard InChI is InChI=1S/C23H26BrN3O2/c1-15-12-27(13-16(2)29-15)14-17-8-4-6-10-19(17)25-23(28)22-21(24)18-9-5-7-11-20(18)26(22)3/h4-11,15-16H,12-14H2,1-3H3,(H,25,28). The summed E-state index contributed by atoms with van der Waals surface area (Å²) in [5.41, 5.74) is 3.60. The second-order valence-electron chi connectivity index (χ2n) is 7.80. The third-order valence-corrected chi connectivity index (χ3v) is 6.22. The van der Waals surface area contributed by atoms with Crippen molar-refractivity contribution in [2.45, 2.75) is 32.6 Å². The Morgan fingerprint density at radius 1 is 1.10 bits per heavy atom. The summed E-state index contributed by atoms with van der Waals surface area (Å²) in [7, 11) is 1.92. The van der Waals surface area contributed by atoms with Gasteiger partial charge in [0, 0.05) is 43.3 Å². The Kier molecular flexibility index (Phi) is 5.76. The number of carbonyl (C=O) groups excluding carboxylic acids is 1. The summed E-state index contributed by atoms with van der Waals surface area (Å²) in [5, 5.41) is 4.17. The highest BCUT2D eigenvalue weighted by molar-refractivity contribution is 9.10. The van der Waals surface area contributed by atoms with E-state index < -0.39 is 0 Å². The van der Waals surface area contributed by atoms with Gasteiger partial charge in [-0.05, 0) is 47.5 Å². The fraction of sp³-hybridized carbons (Fsp3) is 0.348. The Hall–Kier alpha value is -2.15. The Morgan fingerprint density at radius 2 is 1.76 bits per heavy atom. The van der Waals surface area contributed by atoms with E-state index in [1.807, 2.05) is 54.1 Å². The van der Waals surface area contributed by atoms with Gasteiger partial charge in [-0.15, -0.1) is 0 Å². The molecule has 1 fully saturated rings. The topological polar surface area (TPSA) is 46.5 Å². The number of amides is 1. The van der Waals surface area contributed by atoms with Crippen LogP contribution in [0.2, 0.25) is 0 Å². The van der Waals surface area contributed by atoms with Crippen molar-refractivity contribution in [1.82, 2.24) is 9.47 Å². The average Bonchev–Trinajstić information content (AvgIpc) is 2.93. The number of carbonyl (C=O) groups is 1.